The molecular formula is C12H9NO2. The Morgan fingerprint density at radius 3 is 2.87 bits per heavy atom. The first-order valence-electron chi connectivity index (χ1n) is 4.90. The maximum Gasteiger partial charge on any atom is 0.254 e. The van der Waals surface area contributed by atoms with Gasteiger partial charge in [0.2, 0.25) is 5.91 Å². The van der Waals surface area contributed by atoms with Crippen molar-refractivity contribution < 1.29 is 9.59 Å². The standard InChI is InChI=1S/C12H9NO2/c14-11-9-6-5-7-3-1-2-4-8(7)10(9)12(15)13-11/h1-4,6,10H,5H2,(H,13,14,15). The van der Waals surface area contributed by atoms with Gasteiger partial charge in [0.25, 0.3) is 5.91 Å². The molecule has 74 valence electrons. The molecule has 0 bridgehead atoms. The largest absolute Gasteiger partial charge is 0.292 e. The fourth-order valence-corrected chi connectivity index (χ4v) is 2.27. The van der Waals surface area contributed by atoms with Gasteiger partial charge in [0.05, 0.1) is 5.92 Å². The van der Waals surface area contributed by atoms with E-state index in [2.05, 4.69) is 5.32 Å². The first-order valence-corrected chi connectivity index (χ1v) is 4.90. The van der Waals surface area contributed by atoms with Crippen LogP contribution in [-0.4, -0.2) is 11.8 Å². The van der Waals surface area contributed by atoms with Crippen molar-refractivity contribution in [2.24, 2.45) is 0 Å². The Morgan fingerprint density at radius 1 is 1.20 bits per heavy atom. The number of rotatable bonds is 0. The van der Waals surface area contributed by atoms with E-state index in [1.165, 1.54) is 0 Å². The molecule has 3 heteroatoms. The van der Waals surface area contributed by atoms with Crippen molar-refractivity contribution >= 4 is 11.8 Å². The SMILES string of the molecule is O=C1NC(=O)C2C1=CCc1ccccc12. The van der Waals surface area contributed by atoms with E-state index in [4.69, 9.17) is 0 Å². The van der Waals surface area contributed by atoms with Crippen LogP contribution >= 0.6 is 0 Å². The lowest BCUT2D eigenvalue weighted by atomic mass is 9.83. The van der Waals surface area contributed by atoms with Crippen LogP contribution in [0.2, 0.25) is 0 Å². The summed E-state index contributed by atoms with van der Waals surface area (Å²) in [6.07, 6.45) is 2.59. The maximum absolute atomic E-state index is 11.6. The third-order valence-corrected chi connectivity index (χ3v) is 2.98. The molecule has 1 atom stereocenters. The van der Waals surface area contributed by atoms with Gasteiger partial charge in [-0.2, -0.15) is 0 Å². The fourth-order valence-electron chi connectivity index (χ4n) is 2.27. The minimum atomic E-state index is -0.373. The van der Waals surface area contributed by atoms with Crippen LogP contribution in [0, 0.1) is 0 Å². The quantitative estimate of drug-likeness (QED) is 0.631. The average Bonchev–Trinajstić information content (AvgIpc) is 2.55. The number of hydrogen-bond donors (Lipinski definition) is 1. The second-order valence-corrected chi connectivity index (χ2v) is 3.81. The lowest BCUT2D eigenvalue weighted by Gasteiger charge is -2.17. The van der Waals surface area contributed by atoms with E-state index >= 15 is 0 Å². The summed E-state index contributed by atoms with van der Waals surface area (Å²) in [5, 5.41) is 2.35. The van der Waals surface area contributed by atoms with Crippen LogP contribution in [-0.2, 0) is 16.0 Å². The topological polar surface area (TPSA) is 46.2 Å². The fraction of sp³-hybridized carbons (Fsp3) is 0.167. The van der Waals surface area contributed by atoms with E-state index in [1.807, 2.05) is 30.3 Å². The molecular weight excluding hydrogens is 190 g/mol. The minimum Gasteiger partial charge on any atom is -0.292 e. The Hall–Kier alpha value is -1.90. The summed E-state index contributed by atoms with van der Waals surface area (Å²) in [4.78, 5) is 23.0. The molecule has 1 N–H and O–H groups in total. The third-order valence-electron chi connectivity index (χ3n) is 2.98. The van der Waals surface area contributed by atoms with E-state index in [1.54, 1.807) is 0 Å². The van der Waals surface area contributed by atoms with Gasteiger partial charge >= 0.3 is 0 Å². The Kier molecular flexibility index (Phi) is 1.57. The number of imide groups is 1. The molecule has 1 aromatic carbocycles. The molecule has 1 fully saturated rings. The summed E-state index contributed by atoms with van der Waals surface area (Å²) < 4.78 is 0. The third kappa shape index (κ3) is 1.06. The number of carbonyl (C=O) groups excluding carboxylic acids is 2. The minimum absolute atomic E-state index is 0.196. The second-order valence-electron chi connectivity index (χ2n) is 3.81. The Balaban J connectivity index is 2.20. The molecule has 1 heterocycles. The molecule has 0 radical (unpaired) electrons. The number of hydrogen-bond acceptors (Lipinski definition) is 2. The first kappa shape index (κ1) is 8.41. The van der Waals surface area contributed by atoms with Crippen LogP contribution in [0.4, 0.5) is 0 Å². The smallest absolute Gasteiger partial charge is 0.254 e. The molecule has 0 aromatic heterocycles. The molecule has 3 nitrogen and oxygen atoms in total. The van der Waals surface area contributed by atoms with Crippen molar-refractivity contribution in [2.75, 3.05) is 0 Å². The van der Waals surface area contributed by atoms with Crippen molar-refractivity contribution in [1.29, 1.82) is 0 Å². The summed E-state index contributed by atoms with van der Waals surface area (Å²) in [7, 11) is 0. The molecule has 1 aliphatic carbocycles. The molecule has 1 saturated heterocycles. The molecule has 0 spiro atoms. The lowest BCUT2D eigenvalue weighted by molar-refractivity contribution is -0.124. The Labute approximate surface area is 86.8 Å². The van der Waals surface area contributed by atoms with E-state index in [9.17, 15) is 9.59 Å². The summed E-state index contributed by atoms with van der Waals surface area (Å²) >= 11 is 0. The van der Waals surface area contributed by atoms with Crippen LogP contribution in [0.15, 0.2) is 35.9 Å². The molecule has 1 unspecified atom stereocenters. The van der Waals surface area contributed by atoms with Crippen molar-refractivity contribution in [3.05, 3.63) is 47.0 Å². The van der Waals surface area contributed by atoms with Gasteiger partial charge in [-0.25, -0.2) is 0 Å². The van der Waals surface area contributed by atoms with Gasteiger partial charge < -0.3 is 0 Å². The number of amides is 2. The van der Waals surface area contributed by atoms with Gasteiger partial charge in [-0.3, -0.25) is 14.9 Å². The van der Waals surface area contributed by atoms with E-state index < -0.39 is 0 Å². The summed E-state index contributed by atoms with van der Waals surface area (Å²) in [5.74, 6) is -0.805. The van der Waals surface area contributed by atoms with Crippen LogP contribution in [0.25, 0.3) is 0 Å². The van der Waals surface area contributed by atoms with Gasteiger partial charge in [0.15, 0.2) is 0 Å². The summed E-state index contributed by atoms with van der Waals surface area (Å²) in [6, 6.07) is 7.77. The zero-order valence-corrected chi connectivity index (χ0v) is 7.99. The van der Waals surface area contributed by atoms with Gasteiger partial charge in [0.1, 0.15) is 0 Å². The zero-order chi connectivity index (χ0) is 10.4. The zero-order valence-electron chi connectivity index (χ0n) is 7.99. The molecule has 2 amide bonds. The predicted octanol–water partition coefficient (Wildman–Crippen LogP) is 0.909. The summed E-state index contributed by atoms with van der Waals surface area (Å²) in [6.45, 7) is 0. The van der Waals surface area contributed by atoms with Crippen molar-refractivity contribution in [3.63, 3.8) is 0 Å². The number of carbonyl (C=O) groups is 2. The van der Waals surface area contributed by atoms with Crippen LogP contribution in [0.5, 0.6) is 0 Å². The first-order chi connectivity index (χ1) is 7.27. The molecule has 0 saturated carbocycles. The highest BCUT2D eigenvalue weighted by Gasteiger charge is 2.39. The van der Waals surface area contributed by atoms with E-state index in [0.29, 0.717) is 5.57 Å². The van der Waals surface area contributed by atoms with Crippen molar-refractivity contribution in [2.45, 2.75) is 12.3 Å². The maximum atomic E-state index is 11.6. The van der Waals surface area contributed by atoms with E-state index in [0.717, 1.165) is 17.5 Å². The molecule has 3 rings (SSSR count). The average molecular weight is 199 g/mol. The Morgan fingerprint density at radius 2 is 2.00 bits per heavy atom. The molecule has 2 aliphatic rings. The highest BCUT2D eigenvalue weighted by atomic mass is 16.2. The van der Waals surface area contributed by atoms with Crippen LogP contribution in [0.1, 0.15) is 17.0 Å². The predicted molar refractivity (Wildman–Crippen MR) is 54.1 cm³/mol. The number of allylic oxidation sites excluding steroid dienone is 1. The van der Waals surface area contributed by atoms with Gasteiger partial charge in [-0.1, -0.05) is 30.3 Å². The van der Waals surface area contributed by atoms with Crippen LogP contribution in [0.3, 0.4) is 0 Å². The Bertz CT molecular complexity index is 502. The van der Waals surface area contributed by atoms with Gasteiger partial charge in [-0.05, 0) is 17.5 Å². The highest BCUT2D eigenvalue weighted by Crippen LogP contribution is 2.35. The number of nitrogens with one attached hydrogen (secondary N) is 1. The molecule has 1 aromatic rings. The van der Waals surface area contributed by atoms with Gasteiger partial charge in [-0.15, -0.1) is 0 Å². The van der Waals surface area contributed by atoms with Crippen LogP contribution < -0.4 is 5.32 Å². The second kappa shape index (κ2) is 2.79. The number of fused-ring (bicyclic) bond motifs is 3. The highest BCUT2D eigenvalue weighted by molar-refractivity contribution is 6.17. The van der Waals surface area contributed by atoms with Crippen molar-refractivity contribution in [1.82, 2.24) is 5.32 Å². The molecule has 15 heavy (non-hydrogen) atoms. The van der Waals surface area contributed by atoms with Crippen molar-refractivity contribution in [3.8, 4) is 0 Å². The van der Waals surface area contributed by atoms with Gasteiger partial charge in [0, 0.05) is 5.57 Å². The normalized spacial score (nSPS) is 22.9. The summed E-state index contributed by atoms with van der Waals surface area (Å²) in [5.41, 5.74) is 2.72. The number of benzene rings is 1. The monoisotopic (exact) mass is 199 g/mol. The molecule has 1 aliphatic heterocycles. The lowest BCUT2D eigenvalue weighted by Crippen LogP contribution is -2.21. The van der Waals surface area contributed by atoms with E-state index in [-0.39, 0.29) is 17.7 Å².